The molecule has 2 aromatic carbocycles. The third kappa shape index (κ3) is 3.68. The molecule has 6 nitrogen and oxygen atoms in total. The van der Waals surface area contributed by atoms with Crippen molar-refractivity contribution in [3.8, 4) is 5.69 Å². The van der Waals surface area contributed by atoms with Crippen molar-refractivity contribution in [2.75, 3.05) is 7.05 Å². The Kier molecular flexibility index (Phi) is 5.31. The topological polar surface area (TPSA) is 63.9 Å². The van der Waals surface area contributed by atoms with Crippen LogP contribution in [0.15, 0.2) is 54.7 Å². The van der Waals surface area contributed by atoms with Crippen molar-refractivity contribution in [2.45, 2.75) is 33.7 Å². The predicted octanol–water partition coefficient (Wildman–Crippen LogP) is 4.27. The van der Waals surface area contributed by atoms with Gasteiger partial charge in [0.1, 0.15) is 5.82 Å². The maximum atomic E-state index is 13.2. The van der Waals surface area contributed by atoms with Crippen LogP contribution < -0.4 is 0 Å². The van der Waals surface area contributed by atoms with Crippen LogP contribution in [0.3, 0.4) is 0 Å². The highest BCUT2D eigenvalue weighted by Gasteiger charge is 2.21. The fourth-order valence-corrected chi connectivity index (χ4v) is 3.66. The van der Waals surface area contributed by atoms with Crippen LogP contribution in [0.5, 0.6) is 0 Å². The quantitative estimate of drug-likeness (QED) is 0.503. The van der Waals surface area contributed by atoms with Gasteiger partial charge in [-0.2, -0.15) is 5.10 Å². The highest BCUT2D eigenvalue weighted by Crippen LogP contribution is 2.19. The Morgan fingerprint density at radius 2 is 1.77 bits per heavy atom. The monoisotopic (exact) mass is 399 g/mol. The van der Waals surface area contributed by atoms with E-state index in [1.807, 2.05) is 74.0 Å². The van der Waals surface area contributed by atoms with E-state index >= 15 is 0 Å². The van der Waals surface area contributed by atoms with Gasteiger partial charge >= 0.3 is 0 Å². The molecule has 4 aromatic rings. The first kappa shape index (κ1) is 19.8. The molecule has 0 saturated heterocycles. The van der Waals surface area contributed by atoms with Gasteiger partial charge < -0.3 is 4.90 Å². The normalized spacial score (nSPS) is 11.1. The van der Waals surface area contributed by atoms with Crippen molar-refractivity contribution < 1.29 is 4.79 Å². The summed E-state index contributed by atoms with van der Waals surface area (Å²) in [5.41, 5.74) is 5.45. The van der Waals surface area contributed by atoms with Gasteiger partial charge in [-0.25, -0.2) is 14.6 Å². The van der Waals surface area contributed by atoms with Gasteiger partial charge in [0.25, 0.3) is 5.91 Å². The molecule has 0 unspecified atom stereocenters. The number of rotatable bonds is 5. The van der Waals surface area contributed by atoms with Gasteiger partial charge in [-0.05, 0) is 38.5 Å². The van der Waals surface area contributed by atoms with Crippen LogP contribution in [0.25, 0.3) is 16.6 Å². The second-order valence-electron chi connectivity index (χ2n) is 7.51. The van der Waals surface area contributed by atoms with Crippen LogP contribution in [-0.4, -0.2) is 37.6 Å². The molecule has 0 radical (unpaired) electrons. The number of carbonyl (C=O) groups excluding carboxylic acids is 1. The van der Waals surface area contributed by atoms with Crippen LogP contribution in [0, 0.1) is 13.8 Å². The zero-order valence-corrected chi connectivity index (χ0v) is 17.8. The van der Waals surface area contributed by atoms with Crippen molar-refractivity contribution in [1.29, 1.82) is 0 Å². The summed E-state index contributed by atoms with van der Waals surface area (Å²) in [6.07, 6.45) is 2.36. The molecule has 0 N–H and O–H groups in total. The van der Waals surface area contributed by atoms with Crippen LogP contribution in [0.1, 0.15) is 40.1 Å². The molecule has 4 rings (SSSR count). The Labute approximate surface area is 176 Å². The molecule has 0 bridgehead atoms. The largest absolute Gasteiger partial charge is 0.334 e. The molecule has 0 aliphatic heterocycles. The van der Waals surface area contributed by atoms with Gasteiger partial charge in [0, 0.05) is 18.1 Å². The number of aromatic nitrogens is 4. The molecule has 1 amide bonds. The standard InChI is InChI=1S/C24H25N5O/c1-5-22-20(14-25-29(22)18-12-10-16(2)11-13-18)24(30)28(4)15-23-26-17(3)19-8-6-7-9-21(19)27-23/h6-14H,5,15H2,1-4H3. The molecule has 0 aliphatic carbocycles. The molecular weight excluding hydrogens is 374 g/mol. The Balaban J connectivity index is 1.61. The molecule has 0 spiro atoms. The second-order valence-corrected chi connectivity index (χ2v) is 7.51. The summed E-state index contributed by atoms with van der Waals surface area (Å²) in [5, 5.41) is 5.52. The molecule has 2 heterocycles. The average Bonchev–Trinajstić information content (AvgIpc) is 3.17. The van der Waals surface area contributed by atoms with Crippen LogP contribution in [0.2, 0.25) is 0 Å². The minimum atomic E-state index is -0.0837. The zero-order valence-electron chi connectivity index (χ0n) is 17.8. The van der Waals surface area contributed by atoms with E-state index in [1.54, 1.807) is 18.1 Å². The van der Waals surface area contributed by atoms with Gasteiger partial charge in [0.15, 0.2) is 0 Å². The summed E-state index contributed by atoms with van der Waals surface area (Å²) >= 11 is 0. The van der Waals surface area contributed by atoms with Crippen molar-refractivity contribution in [3.05, 3.63) is 83.1 Å². The van der Waals surface area contributed by atoms with Crippen LogP contribution in [0.4, 0.5) is 0 Å². The molecule has 0 atom stereocenters. The highest BCUT2D eigenvalue weighted by molar-refractivity contribution is 5.95. The Morgan fingerprint density at radius 3 is 2.50 bits per heavy atom. The van der Waals surface area contributed by atoms with Crippen LogP contribution in [-0.2, 0) is 13.0 Å². The van der Waals surface area contributed by atoms with Gasteiger partial charge in [0.05, 0.1) is 35.2 Å². The first-order chi connectivity index (χ1) is 14.5. The maximum absolute atomic E-state index is 13.2. The lowest BCUT2D eigenvalue weighted by Gasteiger charge is -2.17. The SMILES string of the molecule is CCc1c(C(=O)N(C)Cc2nc(C)c3ccccc3n2)cnn1-c1ccc(C)cc1. The number of para-hydroxylation sites is 1. The van der Waals surface area contributed by atoms with E-state index in [0.717, 1.165) is 28.0 Å². The first-order valence-electron chi connectivity index (χ1n) is 10.1. The van der Waals surface area contributed by atoms with E-state index in [4.69, 9.17) is 0 Å². The Hall–Kier alpha value is -3.54. The minimum absolute atomic E-state index is 0.0837. The molecule has 2 aromatic heterocycles. The minimum Gasteiger partial charge on any atom is -0.334 e. The van der Waals surface area contributed by atoms with Gasteiger partial charge in [0.2, 0.25) is 0 Å². The number of amides is 1. The van der Waals surface area contributed by atoms with Crippen LogP contribution >= 0.6 is 0 Å². The predicted molar refractivity (Wildman–Crippen MR) is 118 cm³/mol. The number of hydrogen-bond donors (Lipinski definition) is 0. The smallest absolute Gasteiger partial charge is 0.257 e. The number of aryl methyl sites for hydroxylation is 2. The molecule has 152 valence electrons. The van der Waals surface area contributed by atoms with E-state index in [2.05, 4.69) is 15.1 Å². The summed E-state index contributed by atoms with van der Waals surface area (Å²) in [4.78, 5) is 24.1. The highest BCUT2D eigenvalue weighted by atomic mass is 16.2. The molecule has 6 heteroatoms. The lowest BCUT2D eigenvalue weighted by atomic mass is 10.1. The summed E-state index contributed by atoms with van der Waals surface area (Å²) in [6, 6.07) is 16.0. The second kappa shape index (κ2) is 8.06. The van der Waals surface area contributed by atoms with Crippen molar-refractivity contribution in [1.82, 2.24) is 24.6 Å². The molecule has 0 saturated carbocycles. The van der Waals surface area contributed by atoms with Crippen molar-refractivity contribution in [3.63, 3.8) is 0 Å². The summed E-state index contributed by atoms with van der Waals surface area (Å²) in [6.45, 7) is 6.39. The number of fused-ring (bicyclic) bond motifs is 1. The van der Waals surface area contributed by atoms with E-state index in [-0.39, 0.29) is 5.91 Å². The van der Waals surface area contributed by atoms with E-state index in [1.165, 1.54) is 5.56 Å². The van der Waals surface area contributed by atoms with Crippen molar-refractivity contribution in [2.24, 2.45) is 0 Å². The molecule has 0 fully saturated rings. The number of carbonyl (C=O) groups is 1. The van der Waals surface area contributed by atoms with Gasteiger partial charge in [-0.3, -0.25) is 4.79 Å². The summed E-state index contributed by atoms with van der Waals surface area (Å²) < 4.78 is 1.84. The lowest BCUT2D eigenvalue weighted by Crippen LogP contribution is -2.28. The van der Waals surface area contributed by atoms with Gasteiger partial charge in [-0.15, -0.1) is 0 Å². The number of benzene rings is 2. The molecule has 30 heavy (non-hydrogen) atoms. The van der Waals surface area contributed by atoms with Crippen molar-refractivity contribution >= 4 is 16.8 Å². The van der Waals surface area contributed by atoms with E-state index < -0.39 is 0 Å². The number of hydrogen-bond acceptors (Lipinski definition) is 4. The average molecular weight is 399 g/mol. The van der Waals surface area contributed by atoms with E-state index in [9.17, 15) is 4.79 Å². The Morgan fingerprint density at radius 1 is 1.03 bits per heavy atom. The lowest BCUT2D eigenvalue weighted by molar-refractivity contribution is 0.0780. The summed E-state index contributed by atoms with van der Waals surface area (Å²) in [5.74, 6) is 0.547. The van der Waals surface area contributed by atoms with E-state index in [0.29, 0.717) is 24.4 Å². The number of nitrogens with zero attached hydrogens (tertiary/aromatic N) is 5. The summed E-state index contributed by atoms with van der Waals surface area (Å²) in [7, 11) is 1.78. The fourth-order valence-electron chi connectivity index (χ4n) is 3.66. The molecule has 0 aliphatic rings. The maximum Gasteiger partial charge on any atom is 0.257 e. The third-order valence-electron chi connectivity index (χ3n) is 5.28. The zero-order chi connectivity index (χ0) is 21.3. The third-order valence-corrected chi connectivity index (χ3v) is 5.28. The fraction of sp³-hybridized carbons (Fsp3) is 0.250. The van der Waals surface area contributed by atoms with Gasteiger partial charge in [-0.1, -0.05) is 42.8 Å². The first-order valence-corrected chi connectivity index (χ1v) is 10.1. The Bertz CT molecular complexity index is 1210. The molecular formula is C24H25N5O.